The van der Waals surface area contributed by atoms with Crippen LogP contribution < -0.4 is 0 Å². The van der Waals surface area contributed by atoms with Gasteiger partial charge in [-0.3, -0.25) is 9.48 Å². The molecule has 0 bridgehead atoms. The molecule has 0 N–H and O–H groups in total. The summed E-state index contributed by atoms with van der Waals surface area (Å²) in [5.74, 6) is 0.241. The van der Waals surface area contributed by atoms with E-state index >= 15 is 0 Å². The zero-order valence-corrected chi connectivity index (χ0v) is 12.1. The van der Waals surface area contributed by atoms with Crippen molar-refractivity contribution in [2.24, 2.45) is 0 Å². The molecule has 1 aromatic rings. The van der Waals surface area contributed by atoms with E-state index in [1.165, 1.54) is 5.56 Å². The number of hydrogen-bond acceptors (Lipinski definition) is 3. The normalized spacial score (nSPS) is 26.9. The average Bonchev–Trinajstić information content (AvgIpc) is 3.10. The largest absolute Gasteiger partial charge is 0.378 e. The molecule has 0 saturated carbocycles. The highest BCUT2D eigenvalue weighted by Gasteiger charge is 2.27. The van der Waals surface area contributed by atoms with Gasteiger partial charge in [0.25, 0.3) is 0 Å². The SMILES string of the molecule is Cc1cnn([C@H]2CCCN(C(=O)C[C@H]3CCCO3)C2)c1. The molecule has 3 rings (SSSR count). The van der Waals surface area contributed by atoms with Gasteiger partial charge in [-0.25, -0.2) is 0 Å². The van der Waals surface area contributed by atoms with Crippen molar-refractivity contribution in [2.75, 3.05) is 19.7 Å². The number of likely N-dealkylation sites (tertiary alicyclic amines) is 1. The number of aromatic nitrogens is 2. The molecule has 0 aliphatic carbocycles. The Hall–Kier alpha value is -1.36. The second-order valence-corrected chi connectivity index (χ2v) is 5.97. The minimum Gasteiger partial charge on any atom is -0.378 e. The van der Waals surface area contributed by atoms with Gasteiger partial charge in [0.1, 0.15) is 0 Å². The zero-order valence-electron chi connectivity index (χ0n) is 12.1. The maximum atomic E-state index is 12.4. The molecule has 110 valence electrons. The fourth-order valence-corrected chi connectivity index (χ4v) is 3.16. The van der Waals surface area contributed by atoms with Gasteiger partial charge < -0.3 is 9.64 Å². The lowest BCUT2D eigenvalue weighted by molar-refractivity contribution is -0.135. The van der Waals surface area contributed by atoms with Gasteiger partial charge in [-0.2, -0.15) is 5.10 Å². The molecule has 2 aliphatic rings. The number of ether oxygens (including phenoxy) is 1. The van der Waals surface area contributed by atoms with Gasteiger partial charge in [0, 0.05) is 25.9 Å². The van der Waals surface area contributed by atoms with E-state index in [4.69, 9.17) is 4.74 Å². The van der Waals surface area contributed by atoms with Crippen LogP contribution in [0.25, 0.3) is 0 Å². The van der Waals surface area contributed by atoms with Crippen LogP contribution in [-0.4, -0.2) is 46.4 Å². The Morgan fingerprint density at radius 1 is 1.45 bits per heavy atom. The van der Waals surface area contributed by atoms with Gasteiger partial charge in [0.15, 0.2) is 0 Å². The summed E-state index contributed by atoms with van der Waals surface area (Å²) < 4.78 is 7.58. The topological polar surface area (TPSA) is 47.4 Å². The van der Waals surface area contributed by atoms with Crippen LogP contribution in [0.5, 0.6) is 0 Å². The Kier molecular flexibility index (Phi) is 4.05. The first-order chi connectivity index (χ1) is 9.72. The van der Waals surface area contributed by atoms with Crippen LogP contribution in [0.2, 0.25) is 0 Å². The third kappa shape index (κ3) is 3.03. The molecule has 1 aromatic heterocycles. The first-order valence-electron chi connectivity index (χ1n) is 7.62. The van der Waals surface area contributed by atoms with Crippen molar-refractivity contribution in [1.29, 1.82) is 0 Å². The lowest BCUT2D eigenvalue weighted by atomic mass is 10.0. The van der Waals surface area contributed by atoms with Crippen molar-refractivity contribution in [3.05, 3.63) is 18.0 Å². The Morgan fingerprint density at radius 2 is 2.35 bits per heavy atom. The monoisotopic (exact) mass is 277 g/mol. The number of nitrogens with zero attached hydrogens (tertiary/aromatic N) is 3. The number of hydrogen-bond donors (Lipinski definition) is 0. The number of piperidine rings is 1. The number of carbonyl (C=O) groups is 1. The summed E-state index contributed by atoms with van der Waals surface area (Å²) in [5, 5.41) is 4.39. The second-order valence-electron chi connectivity index (χ2n) is 5.97. The summed E-state index contributed by atoms with van der Waals surface area (Å²) in [7, 11) is 0. The minimum atomic E-state index is 0.148. The van der Waals surface area contributed by atoms with Gasteiger partial charge >= 0.3 is 0 Å². The summed E-state index contributed by atoms with van der Waals surface area (Å²) in [5.41, 5.74) is 1.17. The molecule has 0 spiro atoms. The van der Waals surface area contributed by atoms with E-state index in [1.54, 1.807) is 0 Å². The Morgan fingerprint density at radius 3 is 3.05 bits per heavy atom. The Labute approximate surface area is 119 Å². The van der Waals surface area contributed by atoms with Gasteiger partial charge in [-0.15, -0.1) is 0 Å². The number of carbonyl (C=O) groups excluding carboxylic acids is 1. The van der Waals surface area contributed by atoms with E-state index in [1.807, 2.05) is 22.7 Å². The van der Waals surface area contributed by atoms with Crippen LogP contribution in [0.3, 0.4) is 0 Å². The molecule has 5 heteroatoms. The van der Waals surface area contributed by atoms with E-state index in [0.29, 0.717) is 12.5 Å². The van der Waals surface area contributed by atoms with Gasteiger partial charge in [0.05, 0.1) is 24.8 Å². The highest BCUT2D eigenvalue weighted by atomic mass is 16.5. The van der Waals surface area contributed by atoms with Crippen molar-refractivity contribution >= 4 is 5.91 Å². The van der Waals surface area contributed by atoms with E-state index in [9.17, 15) is 4.79 Å². The van der Waals surface area contributed by atoms with E-state index in [-0.39, 0.29) is 12.0 Å². The van der Waals surface area contributed by atoms with E-state index in [2.05, 4.69) is 11.3 Å². The van der Waals surface area contributed by atoms with Crippen LogP contribution in [0.15, 0.2) is 12.4 Å². The Bertz CT molecular complexity index is 465. The second kappa shape index (κ2) is 5.95. The lowest BCUT2D eigenvalue weighted by Gasteiger charge is -2.33. The number of rotatable bonds is 3. The molecule has 0 aromatic carbocycles. The molecule has 0 unspecified atom stereocenters. The van der Waals surface area contributed by atoms with Gasteiger partial charge in [0.2, 0.25) is 5.91 Å². The van der Waals surface area contributed by atoms with Crippen LogP contribution >= 0.6 is 0 Å². The minimum absolute atomic E-state index is 0.148. The van der Waals surface area contributed by atoms with E-state index < -0.39 is 0 Å². The van der Waals surface area contributed by atoms with Crippen molar-refractivity contribution in [3.63, 3.8) is 0 Å². The fraction of sp³-hybridized carbons (Fsp3) is 0.733. The maximum Gasteiger partial charge on any atom is 0.225 e. The molecule has 2 saturated heterocycles. The van der Waals surface area contributed by atoms with Crippen LogP contribution in [0.1, 0.15) is 43.7 Å². The molecule has 0 radical (unpaired) electrons. The molecule has 2 atom stereocenters. The fourth-order valence-electron chi connectivity index (χ4n) is 3.16. The number of aryl methyl sites for hydroxylation is 1. The van der Waals surface area contributed by atoms with E-state index in [0.717, 1.165) is 45.4 Å². The highest BCUT2D eigenvalue weighted by Crippen LogP contribution is 2.23. The van der Waals surface area contributed by atoms with Crippen LogP contribution in [-0.2, 0) is 9.53 Å². The molecule has 2 aliphatic heterocycles. The first kappa shape index (κ1) is 13.6. The summed E-state index contributed by atoms with van der Waals surface area (Å²) in [6.07, 6.45) is 8.92. The third-order valence-corrected chi connectivity index (χ3v) is 4.28. The molecular formula is C15H23N3O2. The third-order valence-electron chi connectivity index (χ3n) is 4.28. The number of amides is 1. The molecular weight excluding hydrogens is 254 g/mol. The van der Waals surface area contributed by atoms with Crippen LogP contribution in [0.4, 0.5) is 0 Å². The molecule has 20 heavy (non-hydrogen) atoms. The van der Waals surface area contributed by atoms with Crippen molar-refractivity contribution < 1.29 is 9.53 Å². The average molecular weight is 277 g/mol. The molecule has 1 amide bonds. The van der Waals surface area contributed by atoms with Crippen molar-refractivity contribution in [2.45, 2.75) is 51.2 Å². The zero-order chi connectivity index (χ0) is 13.9. The summed E-state index contributed by atoms with van der Waals surface area (Å²) >= 11 is 0. The quantitative estimate of drug-likeness (QED) is 0.848. The summed E-state index contributed by atoms with van der Waals surface area (Å²) in [6.45, 7) is 4.52. The molecule has 2 fully saturated rings. The predicted octanol–water partition coefficient (Wildman–Crippen LogP) is 1.92. The summed E-state index contributed by atoms with van der Waals surface area (Å²) in [6, 6.07) is 0.325. The summed E-state index contributed by atoms with van der Waals surface area (Å²) in [4.78, 5) is 14.3. The first-order valence-corrected chi connectivity index (χ1v) is 7.62. The van der Waals surface area contributed by atoms with Crippen LogP contribution in [0, 0.1) is 6.92 Å². The lowest BCUT2D eigenvalue weighted by Crippen LogP contribution is -2.41. The van der Waals surface area contributed by atoms with Gasteiger partial charge in [-0.05, 0) is 38.2 Å². The predicted molar refractivity (Wildman–Crippen MR) is 75.4 cm³/mol. The Balaban J connectivity index is 1.58. The van der Waals surface area contributed by atoms with Gasteiger partial charge in [-0.1, -0.05) is 0 Å². The standard InChI is InChI=1S/C15H23N3O2/c1-12-9-16-18(10-12)13-4-2-6-17(11-13)15(19)8-14-5-3-7-20-14/h9-10,13-14H,2-8,11H2,1H3/t13-,14+/m0/s1. The van der Waals surface area contributed by atoms with Crippen molar-refractivity contribution in [1.82, 2.24) is 14.7 Å². The smallest absolute Gasteiger partial charge is 0.225 e. The maximum absolute atomic E-state index is 12.4. The highest BCUT2D eigenvalue weighted by molar-refractivity contribution is 5.76. The van der Waals surface area contributed by atoms with Crippen molar-refractivity contribution in [3.8, 4) is 0 Å². The molecule has 3 heterocycles. The molecule has 5 nitrogen and oxygen atoms in total.